The van der Waals surface area contributed by atoms with E-state index in [1.165, 1.54) is 23.9 Å². The van der Waals surface area contributed by atoms with Crippen LogP contribution in [-0.2, 0) is 26.7 Å². The van der Waals surface area contributed by atoms with Crippen molar-refractivity contribution >= 4 is 26.4 Å². The molecule has 1 saturated heterocycles. The first-order chi connectivity index (χ1) is 18.5. The molecule has 0 amide bonds. The van der Waals surface area contributed by atoms with Crippen molar-refractivity contribution in [1.29, 1.82) is 0 Å². The van der Waals surface area contributed by atoms with Gasteiger partial charge in [-0.3, -0.25) is 4.79 Å². The fourth-order valence-electron chi connectivity index (χ4n) is 4.88. The lowest BCUT2D eigenvalue weighted by Gasteiger charge is -2.32. The SMILES string of the molecule is CC(=O)c1nn(COCC[Si](C)(C)C)nc1-c1ccc2c(c1)C(F)(F)c1cc(B3OC(C)(C)C(C)(C)O3)ccc1-2. The minimum atomic E-state index is -3.26. The summed E-state index contributed by atoms with van der Waals surface area (Å²) < 4.78 is 49.8. The van der Waals surface area contributed by atoms with E-state index in [1.807, 2.05) is 27.7 Å². The van der Waals surface area contributed by atoms with Crippen LogP contribution in [0.4, 0.5) is 8.78 Å². The molecule has 1 aliphatic carbocycles. The third-order valence-corrected chi connectivity index (χ3v) is 9.72. The van der Waals surface area contributed by atoms with Gasteiger partial charge in [0.1, 0.15) is 5.69 Å². The standard InChI is InChI=1S/C29H36BF2N3O4Si/c1-18(36)25-26(34-35(33-25)17-37-13-14-40(6,7)8)19-9-11-21-22-12-10-20(16-24(22)29(31,32)23(21)15-19)30-38-27(2,3)28(4,5)39-30/h9-12,15-16H,13-14,17H2,1-8H3. The fourth-order valence-corrected chi connectivity index (χ4v) is 5.63. The van der Waals surface area contributed by atoms with Crippen molar-refractivity contribution in [2.24, 2.45) is 0 Å². The van der Waals surface area contributed by atoms with Crippen LogP contribution in [0, 0.1) is 0 Å². The van der Waals surface area contributed by atoms with Crippen LogP contribution in [0.3, 0.4) is 0 Å². The number of carbonyl (C=O) groups is 1. The van der Waals surface area contributed by atoms with Crippen LogP contribution < -0.4 is 5.46 Å². The van der Waals surface area contributed by atoms with Crippen molar-refractivity contribution < 1.29 is 27.6 Å². The average molecular weight is 568 g/mol. The average Bonchev–Trinajstić information content (AvgIpc) is 3.45. The second-order valence-electron chi connectivity index (χ2n) is 12.9. The van der Waals surface area contributed by atoms with Gasteiger partial charge in [-0.1, -0.05) is 50.0 Å². The molecule has 212 valence electrons. The van der Waals surface area contributed by atoms with E-state index < -0.39 is 32.3 Å². The molecule has 11 heteroatoms. The monoisotopic (exact) mass is 567 g/mol. The zero-order chi connectivity index (χ0) is 29.3. The molecule has 40 heavy (non-hydrogen) atoms. The van der Waals surface area contributed by atoms with Gasteiger partial charge in [-0.25, -0.2) is 0 Å². The number of Topliss-reactive ketones (excluding diaryl/α,β-unsaturated/α-hetero) is 1. The number of benzene rings is 2. The summed E-state index contributed by atoms with van der Waals surface area (Å²) in [4.78, 5) is 13.7. The van der Waals surface area contributed by atoms with E-state index in [0.717, 1.165) is 6.04 Å². The summed E-state index contributed by atoms with van der Waals surface area (Å²) in [5.41, 5.74) is 0.819. The number of alkyl halides is 2. The quantitative estimate of drug-likeness (QED) is 0.192. The number of fused-ring (bicyclic) bond motifs is 3. The first-order valence-electron chi connectivity index (χ1n) is 13.6. The number of rotatable bonds is 8. The Labute approximate surface area is 235 Å². The van der Waals surface area contributed by atoms with Crippen LogP contribution in [0.15, 0.2) is 36.4 Å². The number of halogens is 2. The molecule has 7 nitrogen and oxygen atoms in total. The molecule has 1 aliphatic heterocycles. The van der Waals surface area contributed by atoms with Crippen LogP contribution in [0.5, 0.6) is 0 Å². The number of aromatic nitrogens is 3. The van der Waals surface area contributed by atoms with Crippen LogP contribution in [-0.4, -0.2) is 53.8 Å². The van der Waals surface area contributed by atoms with Gasteiger partial charge in [0.2, 0.25) is 0 Å². The molecule has 2 aromatic carbocycles. The third-order valence-electron chi connectivity index (χ3n) is 8.02. The van der Waals surface area contributed by atoms with E-state index in [2.05, 4.69) is 29.8 Å². The highest BCUT2D eigenvalue weighted by Crippen LogP contribution is 2.51. The summed E-state index contributed by atoms with van der Waals surface area (Å²) in [6.07, 6.45) is 0. The molecule has 0 radical (unpaired) electrons. The zero-order valence-electron chi connectivity index (χ0n) is 24.4. The second kappa shape index (κ2) is 9.68. The molecule has 0 saturated carbocycles. The Hall–Kier alpha value is -2.73. The Morgan fingerprint density at radius 2 is 1.57 bits per heavy atom. The highest BCUT2D eigenvalue weighted by Gasteiger charge is 2.53. The van der Waals surface area contributed by atoms with Crippen LogP contribution in [0.25, 0.3) is 22.4 Å². The maximum atomic E-state index is 16.0. The first-order valence-corrected chi connectivity index (χ1v) is 17.3. The minimum Gasteiger partial charge on any atom is -0.399 e. The van der Waals surface area contributed by atoms with E-state index >= 15 is 8.78 Å². The number of hydrogen-bond acceptors (Lipinski definition) is 6. The Morgan fingerprint density at radius 3 is 2.17 bits per heavy atom. The molecule has 1 fully saturated rings. The van der Waals surface area contributed by atoms with Crippen LogP contribution in [0.2, 0.25) is 25.7 Å². The van der Waals surface area contributed by atoms with Crippen molar-refractivity contribution in [1.82, 2.24) is 15.0 Å². The summed E-state index contributed by atoms with van der Waals surface area (Å²) in [5, 5.41) is 8.74. The summed E-state index contributed by atoms with van der Waals surface area (Å²) in [6.45, 7) is 16.5. The Balaban J connectivity index is 1.44. The van der Waals surface area contributed by atoms with Crippen LogP contribution >= 0.6 is 0 Å². The maximum Gasteiger partial charge on any atom is 0.494 e. The highest BCUT2D eigenvalue weighted by molar-refractivity contribution is 6.76. The van der Waals surface area contributed by atoms with Gasteiger partial charge >= 0.3 is 7.12 Å². The molecule has 1 aromatic heterocycles. The van der Waals surface area contributed by atoms with Crippen molar-refractivity contribution in [2.75, 3.05) is 6.61 Å². The maximum absolute atomic E-state index is 16.0. The molecule has 0 bridgehead atoms. The summed E-state index contributed by atoms with van der Waals surface area (Å²) >= 11 is 0. The lowest BCUT2D eigenvalue weighted by Crippen LogP contribution is -2.41. The highest BCUT2D eigenvalue weighted by atomic mass is 28.3. The van der Waals surface area contributed by atoms with Gasteiger partial charge in [0.05, 0.1) is 11.2 Å². The smallest absolute Gasteiger partial charge is 0.399 e. The molecule has 0 spiro atoms. The molecule has 0 N–H and O–H groups in total. The van der Waals surface area contributed by atoms with E-state index in [0.29, 0.717) is 28.8 Å². The lowest BCUT2D eigenvalue weighted by molar-refractivity contribution is 0.00578. The van der Waals surface area contributed by atoms with E-state index in [9.17, 15) is 4.79 Å². The number of nitrogens with zero attached hydrogens (tertiary/aromatic N) is 3. The third kappa shape index (κ3) is 5.08. The summed E-state index contributed by atoms with van der Waals surface area (Å²) in [5.74, 6) is -3.56. The topological polar surface area (TPSA) is 75.5 Å². The molecule has 5 rings (SSSR count). The van der Waals surface area contributed by atoms with Crippen LogP contribution in [0.1, 0.15) is 56.2 Å². The largest absolute Gasteiger partial charge is 0.494 e. The predicted molar refractivity (Wildman–Crippen MR) is 154 cm³/mol. The molecule has 0 atom stereocenters. The molecule has 2 heterocycles. The Morgan fingerprint density at radius 1 is 0.975 bits per heavy atom. The second-order valence-corrected chi connectivity index (χ2v) is 18.5. The first kappa shape index (κ1) is 28.8. The summed E-state index contributed by atoms with van der Waals surface area (Å²) in [6, 6.07) is 10.7. The number of hydrogen-bond donors (Lipinski definition) is 0. The van der Waals surface area contributed by atoms with Gasteiger partial charge in [-0.15, -0.1) is 5.10 Å². The Bertz CT molecular complexity index is 1470. The van der Waals surface area contributed by atoms with E-state index in [4.69, 9.17) is 14.0 Å². The van der Waals surface area contributed by atoms with Crippen molar-refractivity contribution in [2.45, 2.75) is 84.2 Å². The van der Waals surface area contributed by atoms with E-state index in [1.54, 1.807) is 24.3 Å². The Kier molecular flexibility index (Phi) is 6.97. The lowest BCUT2D eigenvalue weighted by atomic mass is 9.77. The predicted octanol–water partition coefficient (Wildman–Crippen LogP) is 5.88. The fraction of sp³-hybridized carbons (Fsp3) is 0.483. The zero-order valence-corrected chi connectivity index (χ0v) is 25.4. The molecular weight excluding hydrogens is 531 g/mol. The minimum absolute atomic E-state index is 0.0823. The van der Waals surface area contributed by atoms with Crippen molar-refractivity contribution in [3.05, 3.63) is 53.2 Å². The molecule has 3 aromatic rings. The normalized spacial score (nSPS) is 18.6. The number of ether oxygens (including phenoxy) is 1. The van der Waals surface area contributed by atoms with Crippen molar-refractivity contribution in [3.8, 4) is 22.4 Å². The molecule has 2 aliphatic rings. The van der Waals surface area contributed by atoms with Gasteiger partial charge in [-0.2, -0.15) is 18.7 Å². The molecular formula is C29H36BF2N3O4Si. The van der Waals surface area contributed by atoms with Gasteiger partial charge < -0.3 is 14.0 Å². The van der Waals surface area contributed by atoms with Gasteiger partial charge in [0.25, 0.3) is 5.92 Å². The number of ketones is 1. The molecule has 0 unspecified atom stereocenters. The van der Waals surface area contributed by atoms with Gasteiger partial charge in [0, 0.05) is 38.3 Å². The van der Waals surface area contributed by atoms with Crippen molar-refractivity contribution in [3.63, 3.8) is 0 Å². The van der Waals surface area contributed by atoms with Gasteiger partial charge in [0.15, 0.2) is 18.2 Å². The van der Waals surface area contributed by atoms with E-state index in [-0.39, 0.29) is 35.0 Å². The number of carbonyl (C=O) groups excluding carboxylic acids is 1. The summed E-state index contributed by atoms with van der Waals surface area (Å²) in [7, 11) is -2.00. The van der Waals surface area contributed by atoms with Gasteiger partial charge in [-0.05, 0) is 56.4 Å².